The second-order valence-electron chi connectivity index (χ2n) is 6.74. The first-order valence-electron chi connectivity index (χ1n) is 8.55. The molecule has 134 valence electrons. The molecule has 1 saturated carbocycles. The highest BCUT2D eigenvalue weighted by Gasteiger charge is 2.36. The Morgan fingerprint density at radius 2 is 2.08 bits per heavy atom. The summed E-state index contributed by atoms with van der Waals surface area (Å²) in [5.74, 6) is -0.170. The van der Waals surface area contributed by atoms with Gasteiger partial charge in [-0.1, -0.05) is 19.3 Å². The van der Waals surface area contributed by atoms with Gasteiger partial charge in [0.15, 0.2) is 9.84 Å². The van der Waals surface area contributed by atoms with E-state index < -0.39 is 15.9 Å². The number of carbonyl (C=O) groups is 1. The molecule has 24 heavy (non-hydrogen) atoms. The summed E-state index contributed by atoms with van der Waals surface area (Å²) >= 11 is 0. The van der Waals surface area contributed by atoms with Gasteiger partial charge in [0.25, 0.3) is 0 Å². The molecule has 1 atom stereocenters. The molecule has 1 saturated heterocycles. The minimum absolute atomic E-state index is 0.0128. The molecule has 0 radical (unpaired) electrons. The van der Waals surface area contributed by atoms with Crippen molar-refractivity contribution < 1.29 is 17.9 Å². The van der Waals surface area contributed by atoms with E-state index in [1.165, 1.54) is 6.42 Å². The van der Waals surface area contributed by atoms with E-state index in [9.17, 15) is 13.2 Å². The molecule has 1 aromatic rings. The number of aryl methyl sites for hydroxylation is 1. The van der Waals surface area contributed by atoms with Gasteiger partial charge in [-0.2, -0.15) is 5.10 Å². The fourth-order valence-electron chi connectivity index (χ4n) is 3.50. The highest BCUT2D eigenvalue weighted by molar-refractivity contribution is 7.91. The van der Waals surface area contributed by atoms with Gasteiger partial charge < -0.3 is 9.64 Å². The molecule has 1 aliphatic carbocycles. The lowest BCUT2D eigenvalue weighted by Gasteiger charge is -2.35. The van der Waals surface area contributed by atoms with Crippen LogP contribution in [0.1, 0.15) is 43.7 Å². The van der Waals surface area contributed by atoms with Crippen molar-refractivity contribution in [1.82, 2.24) is 14.7 Å². The number of carbonyl (C=O) groups excluding carboxylic acids is 1. The summed E-state index contributed by atoms with van der Waals surface area (Å²) in [7, 11) is -1.37. The predicted octanol–water partition coefficient (Wildman–Crippen LogP) is 1.07. The second-order valence-corrected chi connectivity index (χ2v) is 8.96. The van der Waals surface area contributed by atoms with Crippen LogP contribution in [0.15, 0.2) is 12.4 Å². The van der Waals surface area contributed by atoms with Crippen molar-refractivity contribution in [3.05, 3.63) is 18.0 Å². The molecule has 1 aromatic heterocycles. The summed E-state index contributed by atoms with van der Waals surface area (Å²) in [5.41, 5.74) is 0.756. The topological polar surface area (TPSA) is 81.5 Å². The van der Waals surface area contributed by atoms with Gasteiger partial charge in [0.1, 0.15) is 6.61 Å². The number of hydrogen-bond acceptors (Lipinski definition) is 5. The van der Waals surface area contributed by atoms with E-state index in [1.807, 2.05) is 0 Å². The lowest BCUT2D eigenvalue weighted by Crippen LogP contribution is -2.47. The van der Waals surface area contributed by atoms with E-state index in [1.54, 1.807) is 29.0 Å². The maximum atomic E-state index is 12.6. The zero-order valence-corrected chi connectivity index (χ0v) is 14.9. The van der Waals surface area contributed by atoms with Crippen molar-refractivity contribution in [1.29, 1.82) is 0 Å². The molecule has 2 heterocycles. The molecule has 0 bridgehead atoms. The molecule has 0 N–H and O–H groups in total. The lowest BCUT2D eigenvalue weighted by atomic mass is 9.98. The van der Waals surface area contributed by atoms with Gasteiger partial charge in [0.05, 0.1) is 29.8 Å². The van der Waals surface area contributed by atoms with Crippen molar-refractivity contribution in [3.8, 4) is 0 Å². The third-order valence-electron chi connectivity index (χ3n) is 4.86. The van der Waals surface area contributed by atoms with Crippen LogP contribution in [-0.2, 0) is 26.4 Å². The molecule has 7 nitrogen and oxygen atoms in total. The van der Waals surface area contributed by atoms with Crippen LogP contribution in [0, 0.1) is 0 Å². The fraction of sp³-hybridized carbons (Fsp3) is 0.750. The molecule has 0 spiro atoms. The van der Waals surface area contributed by atoms with E-state index in [-0.39, 0.29) is 36.7 Å². The Balaban J connectivity index is 1.67. The summed E-state index contributed by atoms with van der Waals surface area (Å²) in [6.07, 6.45) is 9.12. The lowest BCUT2D eigenvalue weighted by molar-refractivity contribution is -0.140. The van der Waals surface area contributed by atoms with E-state index in [0.29, 0.717) is 0 Å². The first kappa shape index (κ1) is 17.4. The van der Waals surface area contributed by atoms with Crippen LogP contribution in [0.3, 0.4) is 0 Å². The van der Waals surface area contributed by atoms with Crippen LogP contribution in [0.4, 0.5) is 0 Å². The number of amides is 1. The SMILES string of the molecule is Cn1cc(C2CS(=O)(=O)CCN2C(=O)COC2CCCCC2)cn1. The van der Waals surface area contributed by atoms with E-state index in [4.69, 9.17) is 4.74 Å². The predicted molar refractivity (Wildman–Crippen MR) is 89.1 cm³/mol. The van der Waals surface area contributed by atoms with Crippen molar-refractivity contribution in [3.63, 3.8) is 0 Å². The molecular formula is C16H25N3O4S. The molecule has 2 fully saturated rings. The Morgan fingerprint density at radius 3 is 2.75 bits per heavy atom. The third kappa shape index (κ3) is 4.16. The Labute approximate surface area is 142 Å². The Kier molecular flexibility index (Phi) is 5.24. The average molecular weight is 355 g/mol. The molecule has 0 aromatic carbocycles. The maximum absolute atomic E-state index is 12.6. The molecular weight excluding hydrogens is 330 g/mol. The number of aromatic nitrogens is 2. The minimum atomic E-state index is -3.14. The van der Waals surface area contributed by atoms with Gasteiger partial charge in [0, 0.05) is 25.4 Å². The van der Waals surface area contributed by atoms with Gasteiger partial charge in [-0.3, -0.25) is 9.48 Å². The Bertz CT molecular complexity index is 679. The zero-order valence-electron chi connectivity index (χ0n) is 14.1. The first-order valence-corrected chi connectivity index (χ1v) is 10.4. The third-order valence-corrected chi connectivity index (χ3v) is 6.48. The Hall–Kier alpha value is -1.41. The summed E-state index contributed by atoms with van der Waals surface area (Å²) in [6.45, 7) is 0.246. The van der Waals surface area contributed by atoms with E-state index in [2.05, 4.69) is 5.10 Å². The molecule has 8 heteroatoms. The normalized spacial score (nSPS) is 24.9. The standard InChI is InChI=1S/C16H25N3O4S/c1-18-10-13(9-17-18)15-12-24(21,22)8-7-19(15)16(20)11-23-14-5-3-2-4-6-14/h9-10,14-15H,2-8,11-12H2,1H3. The summed E-state index contributed by atoms with van der Waals surface area (Å²) in [4.78, 5) is 14.3. The molecule has 3 rings (SSSR count). The van der Waals surface area contributed by atoms with Gasteiger partial charge >= 0.3 is 0 Å². The van der Waals surface area contributed by atoms with Crippen molar-refractivity contribution in [2.45, 2.75) is 44.2 Å². The van der Waals surface area contributed by atoms with E-state index in [0.717, 1.165) is 31.2 Å². The quantitative estimate of drug-likeness (QED) is 0.807. The van der Waals surface area contributed by atoms with Gasteiger partial charge in [-0.25, -0.2) is 8.42 Å². The van der Waals surface area contributed by atoms with Crippen LogP contribution in [0.5, 0.6) is 0 Å². The highest BCUT2D eigenvalue weighted by Crippen LogP contribution is 2.27. The van der Waals surface area contributed by atoms with Crippen LogP contribution in [0.2, 0.25) is 0 Å². The zero-order chi connectivity index (χ0) is 17.2. The van der Waals surface area contributed by atoms with Crippen LogP contribution >= 0.6 is 0 Å². The molecule has 1 amide bonds. The monoisotopic (exact) mass is 355 g/mol. The van der Waals surface area contributed by atoms with Crippen LogP contribution in [-0.4, -0.2) is 59.8 Å². The van der Waals surface area contributed by atoms with Gasteiger partial charge in [-0.15, -0.1) is 0 Å². The number of sulfone groups is 1. The smallest absolute Gasteiger partial charge is 0.249 e. The molecule has 1 aliphatic heterocycles. The minimum Gasteiger partial charge on any atom is -0.368 e. The average Bonchev–Trinajstić information content (AvgIpc) is 2.99. The van der Waals surface area contributed by atoms with Crippen molar-refractivity contribution in [2.75, 3.05) is 24.7 Å². The van der Waals surface area contributed by atoms with Crippen molar-refractivity contribution in [2.24, 2.45) is 7.05 Å². The number of ether oxygens (including phenoxy) is 1. The Morgan fingerprint density at radius 1 is 1.33 bits per heavy atom. The second kappa shape index (κ2) is 7.23. The largest absolute Gasteiger partial charge is 0.368 e. The maximum Gasteiger partial charge on any atom is 0.249 e. The number of rotatable bonds is 4. The van der Waals surface area contributed by atoms with Crippen LogP contribution < -0.4 is 0 Å². The summed E-state index contributed by atoms with van der Waals surface area (Å²) < 4.78 is 31.4. The molecule has 2 aliphatic rings. The highest BCUT2D eigenvalue weighted by atomic mass is 32.2. The van der Waals surface area contributed by atoms with Crippen molar-refractivity contribution >= 4 is 15.7 Å². The summed E-state index contributed by atoms with van der Waals surface area (Å²) in [6, 6.07) is -0.472. The molecule has 1 unspecified atom stereocenters. The summed E-state index contributed by atoms with van der Waals surface area (Å²) in [5, 5.41) is 4.11. The fourth-order valence-corrected chi connectivity index (χ4v) is 4.99. The van der Waals surface area contributed by atoms with Crippen LogP contribution in [0.25, 0.3) is 0 Å². The first-order chi connectivity index (χ1) is 11.4. The van der Waals surface area contributed by atoms with E-state index >= 15 is 0 Å². The number of nitrogens with zero attached hydrogens (tertiary/aromatic N) is 3. The van der Waals surface area contributed by atoms with Gasteiger partial charge in [0.2, 0.25) is 5.91 Å². The van der Waals surface area contributed by atoms with Gasteiger partial charge in [-0.05, 0) is 12.8 Å². The number of hydrogen-bond donors (Lipinski definition) is 0.